The molecule has 0 saturated carbocycles. The van der Waals surface area contributed by atoms with Crippen molar-refractivity contribution in [3.63, 3.8) is 0 Å². The van der Waals surface area contributed by atoms with Crippen molar-refractivity contribution in [3.05, 3.63) is 48.3 Å². The molecule has 2 heterocycles. The minimum absolute atomic E-state index is 0.291. The molecule has 1 unspecified atom stereocenters. The largest absolute Gasteiger partial charge is 0.396 e. The third-order valence-corrected chi connectivity index (χ3v) is 3.59. The van der Waals surface area contributed by atoms with E-state index >= 15 is 0 Å². The molecule has 18 heavy (non-hydrogen) atoms. The van der Waals surface area contributed by atoms with Crippen LogP contribution in [0.25, 0.3) is 0 Å². The maximum atomic E-state index is 5.79. The van der Waals surface area contributed by atoms with Crippen molar-refractivity contribution in [1.29, 1.82) is 0 Å². The van der Waals surface area contributed by atoms with Crippen LogP contribution in [0.15, 0.2) is 42.7 Å². The molecule has 1 aliphatic rings. The summed E-state index contributed by atoms with van der Waals surface area (Å²) in [5.74, 6) is 0.608. The minimum atomic E-state index is 0.291. The fraction of sp³-hybridized carbons (Fsp3) is 0.357. The number of aromatic nitrogens is 2. The number of hydrogen-bond acceptors (Lipinski definition) is 3. The number of benzene rings is 1. The lowest BCUT2D eigenvalue weighted by Crippen LogP contribution is -2.48. The molecular formula is C14H18N4. The zero-order chi connectivity index (χ0) is 12.5. The monoisotopic (exact) mass is 242 g/mol. The minimum Gasteiger partial charge on any atom is -0.396 e. The van der Waals surface area contributed by atoms with Gasteiger partial charge in [0.1, 0.15) is 0 Å². The molecule has 0 radical (unpaired) electrons. The number of hydrogen-bond donors (Lipinski definition) is 1. The fourth-order valence-corrected chi connectivity index (χ4v) is 2.74. The lowest BCUT2D eigenvalue weighted by Gasteiger charge is -2.41. The average Bonchev–Trinajstić information content (AvgIpc) is 2.75. The summed E-state index contributed by atoms with van der Waals surface area (Å²) in [7, 11) is 2.15. The molecule has 2 N–H and O–H groups in total. The summed E-state index contributed by atoms with van der Waals surface area (Å²) in [5.41, 5.74) is 7.82. The lowest BCUT2D eigenvalue weighted by molar-refractivity contribution is 0.0965. The van der Waals surface area contributed by atoms with Crippen molar-refractivity contribution in [1.82, 2.24) is 14.7 Å². The summed E-state index contributed by atoms with van der Waals surface area (Å²) in [6.45, 7) is 2.22. The van der Waals surface area contributed by atoms with Gasteiger partial charge in [-0.25, -0.2) is 0 Å². The second-order valence-corrected chi connectivity index (χ2v) is 5.09. The first-order chi connectivity index (χ1) is 8.74. The molecule has 4 heteroatoms. The van der Waals surface area contributed by atoms with Crippen LogP contribution in [0.1, 0.15) is 11.6 Å². The molecule has 2 aromatic rings. The van der Waals surface area contributed by atoms with E-state index in [1.165, 1.54) is 5.56 Å². The highest BCUT2D eigenvalue weighted by Crippen LogP contribution is 2.32. The molecule has 0 amide bonds. The van der Waals surface area contributed by atoms with Gasteiger partial charge in [-0.2, -0.15) is 5.10 Å². The van der Waals surface area contributed by atoms with Gasteiger partial charge in [0.2, 0.25) is 0 Å². The van der Waals surface area contributed by atoms with Gasteiger partial charge < -0.3 is 10.6 Å². The maximum Gasteiger partial charge on any atom is 0.0821 e. The van der Waals surface area contributed by atoms with Crippen LogP contribution in [0.2, 0.25) is 0 Å². The molecule has 0 spiro atoms. The first kappa shape index (κ1) is 11.3. The van der Waals surface area contributed by atoms with Crippen LogP contribution in [0.5, 0.6) is 0 Å². The Balaban J connectivity index is 1.94. The van der Waals surface area contributed by atoms with Crippen molar-refractivity contribution in [2.45, 2.75) is 6.04 Å². The van der Waals surface area contributed by atoms with Gasteiger partial charge >= 0.3 is 0 Å². The zero-order valence-corrected chi connectivity index (χ0v) is 10.5. The number of anilines is 1. The van der Waals surface area contributed by atoms with E-state index in [0.29, 0.717) is 12.0 Å². The first-order valence-electron chi connectivity index (χ1n) is 6.27. The molecule has 1 aromatic heterocycles. The number of rotatable bonds is 3. The molecule has 94 valence electrons. The van der Waals surface area contributed by atoms with Gasteiger partial charge in [0, 0.05) is 25.2 Å². The fourth-order valence-electron chi connectivity index (χ4n) is 2.74. The van der Waals surface area contributed by atoms with Crippen molar-refractivity contribution in [2.24, 2.45) is 5.92 Å². The van der Waals surface area contributed by atoms with E-state index in [4.69, 9.17) is 5.73 Å². The van der Waals surface area contributed by atoms with Crippen LogP contribution in [0, 0.1) is 5.92 Å². The summed E-state index contributed by atoms with van der Waals surface area (Å²) < 4.78 is 2.00. The molecule has 1 saturated heterocycles. The smallest absolute Gasteiger partial charge is 0.0821 e. The number of nitrogens with two attached hydrogens (primary N) is 1. The van der Waals surface area contributed by atoms with E-state index in [1.54, 1.807) is 6.20 Å². The topological polar surface area (TPSA) is 47.1 Å². The molecule has 4 nitrogen and oxygen atoms in total. The van der Waals surface area contributed by atoms with Gasteiger partial charge in [-0.1, -0.05) is 30.3 Å². The number of likely N-dealkylation sites (tertiary alicyclic amines) is 1. The summed E-state index contributed by atoms with van der Waals surface area (Å²) in [4.78, 5) is 2.33. The standard InChI is InChI=1S/C14H18N4/c1-17-8-12(9-17)14(11-5-3-2-4-6-11)18-10-13(15)7-16-18/h2-7,10,12,14H,8-9,15H2,1H3. The van der Waals surface area contributed by atoms with Crippen LogP contribution in [0.4, 0.5) is 5.69 Å². The SMILES string of the molecule is CN1CC(C(c2ccccc2)n2cc(N)cn2)C1. The highest BCUT2D eigenvalue weighted by molar-refractivity contribution is 5.32. The highest BCUT2D eigenvalue weighted by atomic mass is 15.3. The Morgan fingerprint density at radius 2 is 2.00 bits per heavy atom. The van der Waals surface area contributed by atoms with Gasteiger partial charge in [-0.05, 0) is 12.6 Å². The summed E-state index contributed by atoms with van der Waals surface area (Å²) >= 11 is 0. The molecule has 0 aliphatic carbocycles. The van der Waals surface area contributed by atoms with E-state index in [2.05, 4.69) is 41.3 Å². The van der Waals surface area contributed by atoms with E-state index in [1.807, 2.05) is 16.9 Å². The highest BCUT2D eigenvalue weighted by Gasteiger charge is 2.33. The van der Waals surface area contributed by atoms with Crippen LogP contribution >= 0.6 is 0 Å². The first-order valence-corrected chi connectivity index (χ1v) is 6.27. The normalized spacial score (nSPS) is 18.5. The van der Waals surface area contributed by atoms with Gasteiger partial charge in [0.05, 0.1) is 17.9 Å². The summed E-state index contributed by atoms with van der Waals surface area (Å²) in [6.07, 6.45) is 3.65. The van der Waals surface area contributed by atoms with E-state index in [0.717, 1.165) is 18.8 Å². The predicted octanol–water partition coefficient (Wildman–Crippen LogP) is 1.62. The molecule has 1 atom stereocenters. The van der Waals surface area contributed by atoms with Crippen molar-refractivity contribution >= 4 is 5.69 Å². The second-order valence-electron chi connectivity index (χ2n) is 5.09. The van der Waals surface area contributed by atoms with Crippen LogP contribution in [0.3, 0.4) is 0 Å². The Bertz CT molecular complexity index is 514. The van der Waals surface area contributed by atoms with Crippen molar-refractivity contribution < 1.29 is 0 Å². The Morgan fingerprint density at radius 3 is 2.56 bits per heavy atom. The Labute approximate surface area is 107 Å². The quantitative estimate of drug-likeness (QED) is 0.889. The number of nitrogen functional groups attached to an aromatic ring is 1. The second kappa shape index (κ2) is 4.46. The lowest BCUT2D eigenvalue weighted by atomic mass is 9.87. The molecule has 0 bridgehead atoms. The van der Waals surface area contributed by atoms with Gasteiger partial charge in [0.25, 0.3) is 0 Å². The predicted molar refractivity (Wildman–Crippen MR) is 72.2 cm³/mol. The van der Waals surface area contributed by atoms with Crippen LogP contribution < -0.4 is 5.73 Å². The maximum absolute atomic E-state index is 5.79. The summed E-state index contributed by atoms with van der Waals surface area (Å²) in [5, 5.41) is 4.39. The summed E-state index contributed by atoms with van der Waals surface area (Å²) in [6, 6.07) is 10.8. The average molecular weight is 242 g/mol. The number of nitrogens with zero attached hydrogens (tertiary/aromatic N) is 3. The molecule has 1 aliphatic heterocycles. The molecular weight excluding hydrogens is 224 g/mol. The van der Waals surface area contributed by atoms with Crippen LogP contribution in [-0.4, -0.2) is 34.8 Å². The van der Waals surface area contributed by atoms with Gasteiger partial charge in [-0.3, -0.25) is 4.68 Å². The zero-order valence-electron chi connectivity index (χ0n) is 10.5. The Morgan fingerprint density at radius 1 is 1.28 bits per heavy atom. The van der Waals surface area contributed by atoms with Crippen molar-refractivity contribution in [2.75, 3.05) is 25.9 Å². The van der Waals surface area contributed by atoms with E-state index in [-0.39, 0.29) is 0 Å². The Hall–Kier alpha value is -1.81. The third-order valence-electron chi connectivity index (χ3n) is 3.59. The van der Waals surface area contributed by atoms with E-state index < -0.39 is 0 Å². The molecule has 1 fully saturated rings. The molecule has 1 aromatic carbocycles. The van der Waals surface area contributed by atoms with Crippen LogP contribution in [-0.2, 0) is 0 Å². The van der Waals surface area contributed by atoms with E-state index in [9.17, 15) is 0 Å². The molecule has 3 rings (SSSR count). The van der Waals surface area contributed by atoms with Gasteiger partial charge in [-0.15, -0.1) is 0 Å². The van der Waals surface area contributed by atoms with Crippen molar-refractivity contribution in [3.8, 4) is 0 Å². The van der Waals surface area contributed by atoms with Gasteiger partial charge in [0.15, 0.2) is 0 Å². The third kappa shape index (κ3) is 1.99. The Kier molecular flexibility index (Phi) is 2.80.